The van der Waals surface area contributed by atoms with Crippen molar-refractivity contribution in [3.63, 3.8) is 0 Å². The van der Waals surface area contributed by atoms with E-state index in [1.165, 1.54) is 12.1 Å². The lowest BCUT2D eigenvalue weighted by molar-refractivity contribution is 0.0696. The summed E-state index contributed by atoms with van der Waals surface area (Å²) in [5, 5.41) is 11.7. The van der Waals surface area contributed by atoms with E-state index < -0.39 is 5.97 Å². The van der Waals surface area contributed by atoms with Crippen molar-refractivity contribution in [2.75, 3.05) is 6.79 Å². The van der Waals surface area contributed by atoms with Crippen molar-refractivity contribution in [2.45, 2.75) is 6.54 Å². The van der Waals surface area contributed by atoms with Crippen LogP contribution < -0.4 is 14.8 Å². The van der Waals surface area contributed by atoms with Crippen LogP contribution in [0, 0.1) is 0 Å². The van der Waals surface area contributed by atoms with Gasteiger partial charge in [-0.25, -0.2) is 4.79 Å². The first kappa shape index (κ1) is 13.9. The quantitative estimate of drug-likeness (QED) is 0.902. The van der Waals surface area contributed by atoms with Crippen LogP contribution in [0.1, 0.15) is 26.3 Å². The van der Waals surface area contributed by atoms with Gasteiger partial charge in [0.05, 0.1) is 11.1 Å². The number of carbonyl (C=O) groups excluding carboxylic acids is 1. The molecule has 0 unspecified atom stereocenters. The summed E-state index contributed by atoms with van der Waals surface area (Å²) in [5.74, 6) is -0.331. The molecule has 0 aromatic heterocycles. The first-order chi connectivity index (χ1) is 10.6. The minimum Gasteiger partial charge on any atom is -0.478 e. The number of hydrogen-bond acceptors (Lipinski definition) is 4. The molecule has 2 N–H and O–H groups in total. The Balaban J connectivity index is 1.72. The minimum atomic E-state index is -1.00. The monoisotopic (exact) mass is 299 g/mol. The highest BCUT2D eigenvalue weighted by molar-refractivity contribution is 5.98. The number of aromatic carboxylic acids is 1. The van der Waals surface area contributed by atoms with Gasteiger partial charge in [0.25, 0.3) is 5.91 Å². The number of fused-ring (bicyclic) bond motifs is 1. The van der Waals surface area contributed by atoms with Crippen molar-refractivity contribution in [3.05, 3.63) is 59.2 Å². The van der Waals surface area contributed by atoms with E-state index in [4.69, 9.17) is 14.6 Å². The van der Waals surface area contributed by atoms with E-state index >= 15 is 0 Å². The summed E-state index contributed by atoms with van der Waals surface area (Å²) in [6.45, 7) is 0.324. The Kier molecular flexibility index (Phi) is 3.65. The summed E-state index contributed by atoms with van der Waals surface area (Å²) in [6, 6.07) is 11.5. The fourth-order valence-corrected chi connectivity index (χ4v) is 2.20. The number of carbonyl (C=O) groups is 2. The average molecular weight is 299 g/mol. The van der Waals surface area contributed by atoms with Crippen LogP contribution in [0.15, 0.2) is 42.5 Å². The van der Waals surface area contributed by atoms with Gasteiger partial charge in [-0.3, -0.25) is 4.79 Å². The lowest BCUT2D eigenvalue weighted by Crippen LogP contribution is -2.23. The number of rotatable bonds is 4. The third-order valence-corrected chi connectivity index (χ3v) is 3.27. The molecule has 1 aliphatic rings. The van der Waals surface area contributed by atoms with Crippen LogP contribution in [0.2, 0.25) is 0 Å². The van der Waals surface area contributed by atoms with Crippen molar-refractivity contribution in [2.24, 2.45) is 0 Å². The van der Waals surface area contributed by atoms with Gasteiger partial charge in [0.1, 0.15) is 0 Å². The van der Waals surface area contributed by atoms with Crippen molar-refractivity contribution < 1.29 is 24.2 Å². The number of carboxylic acid groups (broad SMARTS) is 1. The topological polar surface area (TPSA) is 84.9 Å². The van der Waals surface area contributed by atoms with Gasteiger partial charge in [-0.1, -0.05) is 18.2 Å². The van der Waals surface area contributed by atoms with Gasteiger partial charge in [0, 0.05) is 6.54 Å². The highest BCUT2D eigenvalue weighted by Crippen LogP contribution is 2.35. The number of carboxylic acids is 1. The third-order valence-electron chi connectivity index (χ3n) is 3.27. The highest BCUT2D eigenvalue weighted by atomic mass is 16.7. The zero-order valence-electron chi connectivity index (χ0n) is 11.5. The summed E-state index contributed by atoms with van der Waals surface area (Å²) in [7, 11) is 0. The largest absolute Gasteiger partial charge is 0.478 e. The fourth-order valence-electron chi connectivity index (χ4n) is 2.20. The average Bonchev–Trinajstić information content (AvgIpc) is 3.01. The maximum Gasteiger partial charge on any atom is 0.335 e. The van der Waals surface area contributed by atoms with Crippen LogP contribution in [0.25, 0.3) is 0 Å². The predicted octanol–water partition coefficient (Wildman–Crippen LogP) is 2.04. The maximum absolute atomic E-state index is 12.2. The Morgan fingerprint density at radius 3 is 2.77 bits per heavy atom. The second-order valence-corrected chi connectivity index (χ2v) is 4.73. The molecule has 1 aliphatic heterocycles. The van der Waals surface area contributed by atoms with Gasteiger partial charge in [-0.2, -0.15) is 0 Å². The number of amides is 1. The zero-order valence-corrected chi connectivity index (χ0v) is 11.5. The molecule has 0 spiro atoms. The lowest BCUT2D eigenvalue weighted by atomic mass is 10.1. The molecule has 2 aromatic carbocycles. The van der Waals surface area contributed by atoms with Crippen molar-refractivity contribution >= 4 is 11.9 Å². The molecule has 0 bridgehead atoms. The molecule has 0 saturated heterocycles. The molecule has 0 radical (unpaired) electrons. The Labute approximate surface area is 126 Å². The third kappa shape index (κ3) is 2.71. The summed E-state index contributed by atoms with van der Waals surface area (Å²) >= 11 is 0. The molecule has 6 heteroatoms. The van der Waals surface area contributed by atoms with Crippen LogP contribution in [-0.4, -0.2) is 23.8 Å². The fraction of sp³-hybridized carbons (Fsp3) is 0.125. The summed E-state index contributed by atoms with van der Waals surface area (Å²) in [6.07, 6.45) is 0. The summed E-state index contributed by atoms with van der Waals surface area (Å²) in [4.78, 5) is 23.2. The van der Waals surface area contributed by atoms with Gasteiger partial charge >= 0.3 is 5.97 Å². The first-order valence-corrected chi connectivity index (χ1v) is 6.64. The van der Waals surface area contributed by atoms with E-state index in [1.807, 2.05) is 0 Å². The minimum absolute atomic E-state index is 0.0975. The molecule has 0 saturated carbocycles. The Hall–Kier alpha value is -3.02. The van der Waals surface area contributed by atoms with Crippen molar-refractivity contribution in [1.82, 2.24) is 5.32 Å². The molecule has 0 aliphatic carbocycles. The second-order valence-electron chi connectivity index (χ2n) is 4.73. The summed E-state index contributed by atoms with van der Waals surface area (Å²) < 4.78 is 10.5. The molecule has 1 heterocycles. The van der Waals surface area contributed by atoms with Crippen LogP contribution in [0.4, 0.5) is 0 Å². The molecule has 3 rings (SSSR count). The second kappa shape index (κ2) is 5.77. The SMILES string of the molecule is O=C(O)c1cccc(CNC(=O)c2cccc3c2OCO3)c1. The summed E-state index contributed by atoms with van der Waals surface area (Å²) in [5.41, 5.74) is 1.28. The molecule has 0 atom stereocenters. The van der Waals surface area contributed by atoms with E-state index in [0.29, 0.717) is 22.6 Å². The van der Waals surface area contributed by atoms with E-state index in [0.717, 1.165) is 0 Å². The number of ether oxygens (including phenoxy) is 2. The Morgan fingerprint density at radius 2 is 1.95 bits per heavy atom. The molecule has 22 heavy (non-hydrogen) atoms. The van der Waals surface area contributed by atoms with Gasteiger partial charge < -0.3 is 19.9 Å². The number of para-hydroxylation sites is 1. The van der Waals surface area contributed by atoms with Crippen molar-refractivity contribution in [3.8, 4) is 11.5 Å². The molecule has 112 valence electrons. The van der Waals surface area contributed by atoms with Gasteiger partial charge in [0.15, 0.2) is 11.5 Å². The van der Waals surface area contributed by atoms with Crippen LogP contribution in [0.3, 0.4) is 0 Å². The molecule has 1 amide bonds. The van der Waals surface area contributed by atoms with Crippen LogP contribution >= 0.6 is 0 Å². The van der Waals surface area contributed by atoms with Crippen LogP contribution in [0.5, 0.6) is 11.5 Å². The van der Waals surface area contributed by atoms with Gasteiger partial charge in [0.2, 0.25) is 6.79 Å². The van der Waals surface area contributed by atoms with E-state index in [9.17, 15) is 9.59 Å². The molecule has 6 nitrogen and oxygen atoms in total. The van der Waals surface area contributed by atoms with Crippen molar-refractivity contribution in [1.29, 1.82) is 0 Å². The van der Waals surface area contributed by atoms with Gasteiger partial charge in [-0.15, -0.1) is 0 Å². The number of hydrogen-bond donors (Lipinski definition) is 2. The number of nitrogens with one attached hydrogen (secondary N) is 1. The Morgan fingerprint density at radius 1 is 1.14 bits per heavy atom. The molecular weight excluding hydrogens is 286 g/mol. The van der Waals surface area contributed by atoms with Crippen LogP contribution in [-0.2, 0) is 6.54 Å². The normalized spacial score (nSPS) is 12.0. The predicted molar refractivity (Wildman–Crippen MR) is 77.1 cm³/mol. The van der Waals surface area contributed by atoms with Gasteiger partial charge in [-0.05, 0) is 29.8 Å². The molecular formula is C16H13NO5. The highest BCUT2D eigenvalue weighted by Gasteiger charge is 2.21. The lowest BCUT2D eigenvalue weighted by Gasteiger charge is -2.08. The smallest absolute Gasteiger partial charge is 0.335 e. The number of benzene rings is 2. The zero-order chi connectivity index (χ0) is 15.5. The Bertz CT molecular complexity index is 741. The van der Waals surface area contributed by atoms with E-state index in [1.54, 1.807) is 30.3 Å². The maximum atomic E-state index is 12.2. The standard InChI is InChI=1S/C16H13NO5/c18-15(12-5-2-6-13-14(12)22-9-21-13)17-8-10-3-1-4-11(7-10)16(19)20/h1-7H,8-9H2,(H,17,18)(H,19,20). The van der Waals surface area contributed by atoms with E-state index in [-0.39, 0.29) is 24.8 Å². The molecule has 0 fully saturated rings. The first-order valence-electron chi connectivity index (χ1n) is 6.64. The molecule has 2 aromatic rings. The van der Waals surface area contributed by atoms with E-state index in [2.05, 4.69) is 5.32 Å².